The molecule has 1 fully saturated rings. The van der Waals surface area contributed by atoms with Gasteiger partial charge >= 0.3 is 6.03 Å². The summed E-state index contributed by atoms with van der Waals surface area (Å²) in [5.41, 5.74) is -0.244. The minimum Gasteiger partial charge on any atom is -0.396 e. The van der Waals surface area contributed by atoms with E-state index in [9.17, 15) is 4.79 Å². The van der Waals surface area contributed by atoms with Gasteiger partial charge in [-0.1, -0.05) is 13.8 Å². The number of nitrogens with one attached hydrogen (secondary N) is 2. The van der Waals surface area contributed by atoms with E-state index in [1.807, 2.05) is 0 Å². The van der Waals surface area contributed by atoms with E-state index in [1.165, 1.54) is 0 Å². The van der Waals surface area contributed by atoms with Crippen LogP contribution in [0.2, 0.25) is 0 Å². The predicted octanol–water partition coefficient (Wildman–Crippen LogP) is 0.872. The zero-order valence-corrected chi connectivity index (χ0v) is 11.2. The van der Waals surface area contributed by atoms with E-state index < -0.39 is 0 Å². The lowest BCUT2D eigenvalue weighted by molar-refractivity contribution is -0.177. The molecule has 1 aliphatic carbocycles. The van der Waals surface area contributed by atoms with E-state index in [0.717, 1.165) is 6.42 Å². The molecule has 100 valence electrons. The molecule has 1 rings (SSSR count). The molecule has 5 heteroatoms. The molecule has 0 bridgehead atoms. The Hall–Kier alpha value is -0.810. The molecule has 0 aromatic carbocycles. The van der Waals surface area contributed by atoms with Crippen LogP contribution in [0.4, 0.5) is 4.79 Å². The van der Waals surface area contributed by atoms with Gasteiger partial charge in [-0.15, -0.1) is 0 Å². The molecule has 3 N–H and O–H groups in total. The summed E-state index contributed by atoms with van der Waals surface area (Å²) in [4.78, 5) is 11.6. The smallest absolute Gasteiger partial charge is 0.315 e. The number of carbonyl (C=O) groups excluding carboxylic acids is 1. The Morgan fingerprint density at radius 2 is 2.12 bits per heavy atom. The first kappa shape index (κ1) is 14.3. The average Bonchev–Trinajstić information content (AvgIpc) is 2.28. The highest BCUT2D eigenvalue weighted by molar-refractivity contribution is 5.74. The number of aliphatic hydroxyl groups is 1. The fraction of sp³-hybridized carbons (Fsp3) is 0.917. The Labute approximate surface area is 103 Å². The van der Waals surface area contributed by atoms with Crippen molar-refractivity contribution in [1.29, 1.82) is 0 Å². The molecule has 5 nitrogen and oxygen atoms in total. The molecule has 2 atom stereocenters. The maximum absolute atomic E-state index is 11.6. The lowest BCUT2D eigenvalue weighted by atomic mass is 9.56. The van der Waals surface area contributed by atoms with Crippen LogP contribution in [-0.2, 0) is 4.74 Å². The SMILES string of the molecule is COC1(C)CC(NC(=O)NCCCO)C1(C)C. The first-order valence-corrected chi connectivity index (χ1v) is 6.08. The molecule has 0 aromatic rings. The summed E-state index contributed by atoms with van der Waals surface area (Å²) in [5, 5.41) is 14.3. The Bertz CT molecular complexity index is 281. The van der Waals surface area contributed by atoms with Crippen LogP contribution in [0.3, 0.4) is 0 Å². The van der Waals surface area contributed by atoms with E-state index >= 15 is 0 Å². The van der Waals surface area contributed by atoms with Gasteiger partial charge in [0.25, 0.3) is 0 Å². The number of hydrogen-bond acceptors (Lipinski definition) is 3. The van der Waals surface area contributed by atoms with Crippen molar-refractivity contribution in [3.63, 3.8) is 0 Å². The number of urea groups is 1. The molecule has 1 aliphatic rings. The summed E-state index contributed by atoms with van der Waals surface area (Å²) in [6, 6.07) is -0.0451. The van der Waals surface area contributed by atoms with Crippen molar-refractivity contribution in [1.82, 2.24) is 10.6 Å². The highest BCUT2D eigenvalue weighted by atomic mass is 16.5. The van der Waals surface area contributed by atoms with Gasteiger partial charge in [0.15, 0.2) is 0 Å². The summed E-state index contributed by atoms with van der Waals surface area (Å²) in [6.07, 6.45) is 1.40. The number of ether oxygens (including phenoxy) is 1. The standard InChI is InChI=1S/C12H24N2O3/c1-11(2)9(8-12(11,3)17-4)14-10(16)13-6-5-7-15/h9,15H,5-8H2,1-4H3,(H2,13,14,16). The lowest BCUT2D eigenvalue weighted by Gasteiger charge is -2.59. The average molecular weight is 244 g/mol. The minimum atomic E-state index is -0.172. The third-order valence-electron chi connectivity index (χ3n) is 4.20. The van der Waals surface area contributed by atoms with Crippen LogP contribution in [0, 0.1) is 5.41 Å². The van der Waals surface area contributed by atoms with Crippen LogP contribution in [0.1, 0.15) is 33.6 Å². The van der Waals surface area contributed by atoms with Crippen molar-refractivity contribution in [2.45, 2.75) is 45.3 Å². The number of amides is 2. The van der Waals surface area contributed by atoms with Crippen LogP contribution in [-0.4, -0.2) is 43.0 Å². The number of rotatable bonds is 5. The monoisotopic (exact) mass is 244 g/mol. The first-order valence-electron chi connectivity index (χ1n) is 6.08. The lowest BCUT2D eigenvalue weighted by Crippen LogP contribution is -2.69. The molecule has 17 heavy (non-hydrogen) atoms. The molecule has 1 saturated carbocycles. The van der Waals surface area contributed by atoms with Gasteiger partial charge in [0.05, 0.1) is 5.60 Å². The highest BCUT2D eigenvalue weighted by Crippen LogP contribution is 2.51. The fourth-order valence-corrected chi connectivity index (χ4v) is 2.21. The largest absolute Gasteiger partial charge is 0.396 e. The van der Waals surface area contributed by atoms with Crippen LogP contribution >= 0.6 is 0 Å². The number of hydrogen-bond donors (Lipinski definition) is 3. The Morgan fingerprint density at radius 3 is 2.59 bits per heavy atom. The summed E-state index contributed by atoms with van der Waals surface area (Å²) >= 11 is 0. The zero-order valence-electron chi connectivity index (χ0n) is 11.2. The van der Waals surface area contributed by atoms with E-state index in [2.05, 4.69) is 31.4 Å². The second-order valence-corrected chi connectivity index (χ2v) is 5.39. The van der Waals surface area contributed by atoms with Crippen LogP contribution in [0.25, 0.3) is 0 Å². The highest BCUT2D eigenvalue weighted by Gasteiger charge is 2.58. The minimum absolute atomic E-state index is 0.0733. The maximum atomic E-state index is 11.6. The van der Waals surface area contributed by atoms with Gasteiger partial charge < -0.3 is 20.5 Å². The second kappa shape index (κ2) is 5.23. The van der Waals surface area contributed by atoms with Gasteiger partial charge in [-0.2, -0.15) is 0 Å². The predicted molar refractivity (Wildman–Crippen MR) is 65.8 cm³/mol. The Morgan fingerprint density at radius 1 is 1.47 bits per heavy atom. The molecule has 0 radical (unpaired) electrons. The van der Waals surface area contributed by atoms with Crippen LogP contribution < -0.4 is 10.6 Å². The van der Waals surface area contributed by atoms with Crippen molar-refractivity contribution in [2.24, 2.45) is 5.41 Å². The van der Waals surface area contributed by atoms with Crippen molar-refractivity contribution >= 4 is 6.03 Å². The molecule has 0 heterocycles. The summed E-state index contributed by atoms with van der Waals surface area (Å²) in [6.45, 7) is 6.85. The molecule has 0 saturated heterocycles. The first-order chi connectivity index (χ1) is 7.87. The second-order valence-electron chi connectivity index (χ2n) is 5.39. The van der Waals surface area contributed by atoms with Crippen molar-refractivity contribution in [3.8, 4) is 0 Å². The van der Waals surface area contributed by atoms with Crippen LogP contribution in [0.15, 0.2) is 0 Å². The topological polar surface area (TPSA) is 70.6 Å². The van der Waals surface area contributed by atoms with E-state index in [4.69, 9.17) is 9.84 Å². The van der Waals surface area contributed by atoms with Gasteiger partial charge in [-0.3, -0.25) is 0 Å². The van der Waals surface area contributed by atoms with Gasteiger partial charge in [-0.25, -0.2) is 4.79 Å². The summed E-state index contributed by atoms with van der Waals surface area (Å²) in [5.74, 6) is 0. The normalized spacial score (nSPS) is 30.5. The number of aliphatic hydroxyl groups excluding tert-OH is 1. The quantitative estimate of drug-likeness (QED) is 0.628. The number of carbonyl (C=O) groups is 1. The molecule has 0 aliphatic heterocycles. The Balaban J connectivity index is 2.37. The van der Waals surface area contributed by atoms with Crippen LogP contribution in [0.5, 0.6) is 0 Å². The van der Waals surface area contributed by atoms with E-state index in [1.54, 1.807) is 7.11 Å². The zero-order chi connectivity index (χ0) is 13.1. The molecule has 2 amide bonds. The van der Waals surface area contributed by atoms with Gasteiger partial charge in [0.1, 0.15) is 0 Å². The van der Waals surface area contributed by atoms with E-state index in [0.29, 0.717) is 13.0 Å². The van der Waals surface area contributed by atoms with Gasteiger partial charge in [0, 0.05) is 31.7 Å². The molecular weight excluding hydrogens is 220 g/mol. The van der Waals surface area contributed by atoms with E-state index in [-0.39, 0.29) is 29.7 Å². The molecular formula is C12H24N2O3. The number of methoxy groups -OCH3 is 1. The fourth-order valence-electron chi connectivity index (χ4n) is 2.21. The van der Waals surface area contributed by atoms with Crippen molar-refractivity contribution in [2.75, 3.05) is 20.3 Å². The Kier molecular flexibility index (Phi) is 4.38. The summed E-state index contributed by atoms with van der Waals surface area (Å²) < 4.78 is 5.49. The summed E-state index contributed by atoms with van der Waals surface area (Å²) in [7, 11) is 1.71. The van der Waals surface area contributed by atoms with Gasteiger partial charge in [0.2, 0.25) is 0 Å². The molecule has 0 spiro atoms. The molecule has 2 unspecified atom stereocenters. The third kappa shape index (κ3) is 2.72. The molecule has 0 aromatic heterocycles. The van der Waals surface area contributed by atoms with Crippen molar-refractivity contribution < 1.29 is 14.6 Å². The maximum Gasteiger partial charge on any atom is 0.315 e. The van der Waals surface area contributed by atoms with Gasteiger partial charge in [-0.05, 0) is 19.8 Å². The van der Waals surface area contributed by atoms with Crippen molar-refractivity contribution in [3.05, 3.63) is 0 Å². The third-order valence-corrected chi connectivity index (χ3v) is 4.20.